The van der Waals surface area contributed by atoms with Crippen molar-refractivity contribution in [2.24, 2.45) is 5.73 Å². The van der Waals surface area contributed by atoms with Crippen molar-refractivity contribution in [2.45, 2.75) is 30.0 Å². The molecule has 0 aliphatic heterocycles. The molecule has 43 heavy (non-hydrogen) atoms. The molecule has 1 aliphatic carbocycles. The van der Waals surface area contributed by atoms with Gasteiger partial charge in [0.05, 0.1) is 10.6 Å². The maximum atomic E-state index is 12.8. The summed E-state index contributed by atoms with van der Waals surface area (Å²) < 4.78 is 74.5. The Morgan fingerprint density at radius 2 is 1.70 bits per heavy atom. The second-order valence-corrected chi connectivity index (χ2v) is 12.1. The van der Waals surface area contributed by atoms with Crippen molar-refractivity contribution < 1.29 is 35.5 Å². The predicted octanol–water partition coefficient (Wildman–Crippen LogP) is 6.14. The van der Waals surface area contributed by atoms with Crippen molar-refractivity contribution in [3.05, 3.63) is 90.6 Å². The van der Waals surface area contributed by atoms with Crippen LogP contribution in [0.25, 0.3) is 39.4 Å². The van der Waals surface area contributed by atoms with Crippen molar-refractivity contribution in [1.29, 1.82) is 0 Å². The number of primary amides is 1. The molecule has 5 aromatic rings. The highest BCUT2D eigenvalue weighted by molar-refractivity contribution is 7.90. The summed E-state index contributed by atoms with van der Waals surface area (Å²) >= 11 is 0. The number of sulfone groups is 1. The summed E-state index contributed by atoms with van der Waals surface area (Å²) in [6.07, 6.45) is -0.394. The molecule has 2 N–H and O–H groups in total. The third-order valence-electron chi connectivity index (χ3n) is 6.86. The van der Waals surface area contributed by atoms with Gasteiger partial charge >= 0.3 is 6.36 Å². The standard InChI is InChI=1S/C30H23F3N4O5S/c1-43(39,40)22-4-2-3-19(15-22)20-9-12-25(37-14-13-24(36-37)28(34)38)23(16-20)27-26(35-29(41-27)18-5-6-18)17-7-10-21(11-8-17)42-30(31,32)33/h2-4,7-16,18H,5-6H2,1H3,(H2,34,38). The monoisotopic (exact) mass is 608 g/mol. The van der Waals surface area contributed by atoms with Gasteiger partial charge < -0.3 is 14.9 Å². The minimum atomic E-state index is -4.84. The van der Waals surface area contributed by atoms with Crippen molar-refractivity contribution >= 4 is 15.7 Å². The van der Waals surface area contributed by atoms with E-state index in [9.17, 15) is 26.4 Å². The molecule has 2 heterocycles. The first kappa shape index (κ1) is 28.2. The maximum absolute atomic E-state index is 12.8. The van der Waals surface area contributed by atoms with Crippen LogP contribution in [0.3, 0.4) is 0 Å². The largest absolute Gasteiger partial charge is 0.573 e. The minimum Gasteiger partial charge on any atom is -0.440 e. The van der Waals surface area contributed by atoms with E-state index in [1.165, 1.54) is 41.1 Å². The fourth-order valence-electron chi connectivity index (χ4n) is 4.63. The first-order valence-electron chi connectivity index (χ1n) is 13.0. The number of aromatic nitrogens is 3. The zero-order valence-corrected chi connectivity index (χ0v) is 23.3. The highest BCUT2D eigenvalue weighted by atomic mass is 32.2. The molecule has 13 heteroatoms. The highest BCUT2D eigenvalue weighted by Gasteiger charge is 2.33. The molecule has 0 spiro atoms. The topological polar surface area (TPSA) is 130 Å². The van der Waals surface area contributed by atoms with Crippen LogP contribution < -0.4 is 10.5 Å². The van der Waals surface area contributed by atoms with Crippen LogP contribution in [0.5, 0.6) is 5.75 Å². The Morgan fingerprint density at radius 1 is 1.00 bits per heavy atom. The van der Waals surface area contributed by atoms with Crippen molar-refractivity contribution in [3.63, 3.8) is 0 Å². The Kier molecular flexibility index (Phi) is 6.84. The van der Waals surface area contributed by atoms with E-state index in [-0.39, 0.29) is 22.3 Å². The van der Waals surface area contributed by atoms with Crippen molar-refractivity contribution in [3.8, 4) is 45.1 Å². The predicted molar refractivity (Wildman–Crippen MR) is 150 cm³/mol. The lowest BCUT2D eigenvalue weighted by atomic mass is 9.98. The number of rotatable bonds is 8. The first-order valence-corrected chi connectivity index (χ1v) is 14.9. The molecular weight excluding hydrogens is 585 g/mol. The van der Waals surface area contributed by atoms with Gasteiger partial charge in [0.1, 0.15) is 17.1 Å². The molecule has 220 valence electrons. The molecule has 9 nitrogen and oxygen atoms in total. The van der Waals surface area contributed by atoms with Crippen LogP contribution in [0.4, 0.5) is 13.2 Å². The molecule has 0 saturated heterocycles. The van der Waals surface area contributed by atoms with E-state index in [0.29, 0.717) is 45.3 Å². The first-order chi connectivity index (χ1) is 20.4. The van der Waals surface area contributed by atoms with Gasteiger partial charge in [-0.15, -0.1) is 13.2 Å². The molecule has 3 aromatic carbocycles. The fraction of sp³-hybridized carbons (Fsp3) is 0.167. The van der Waals surface area contributed by atoms with E-state index >= 15 is 0 Å². The van der Waals surface area contributed by atoms with Gasteiger partial charge in [0, 0.05) is 29.5 Å². The van der Waals surface area contributed by atoms with E-state index in [0.717, 1.165) is 19.1 Å². The van der Waals surface area contributed by atoms with Crippen LogP contribution in [-0.4, -0.2) is 41.7 Å². The second kappa shape index (κ2) is 10.4. The molecule has 2 aromatic heterocycles. The molecule has 1 fully saturated rings. The average molecular weight is 609 g/mol. The lowest BCUT2D eigenvalue weighted by Gasteiger charge is -2.13. The number of halogens is 3. The van der Waals surface area contributed by atoms with Crippen molar-refractivity contribution in [2.75, 3.05) is 6.26 Å². The van der Waals surface area contributed by atoms with E-state index in [1.807, 2.05) is 0 Å². The number of benzene rings is 3. The van der Waals surface area contributed by atoms with E-state index < -0.39 is 22.1 Å². The quantitative estimate of drug-likeness (QED) is 0.224. The lowest BCUT2D eigenvalue weighted by Crippen LogP contribution is -2.16. The molecule has 1 saturated carbocycles. The van der Waals surface area contributed by atoms with Crippen LogP contribution in [0.2, 0.25) is 0 Å². The Bertz CT molecular complexity index is 1960. The molecule has 0 atom stereocenters. The Hall–Kier alpha value is -4.91. The normalized spacial score (nSPS) is 13.7. The Balaban J connectivity index is 1.54. The smallest absolute Gasteiger partial charge is 0.440 e. The number of nitrogens with two attached hydrogens (primary N) is 1. The summed E-state index contributed by atoms with van der Waals surface area (Å²) in [5.41, 5.74) is 8.57. The van der Waals surface area contributed by atoms with Crippen LogP contribution in [-0.2, 0) is 9.84 Å². The van der Waals surface area contributed by atoms with Gasteiger partial charge in [0.25, 0.3) is 5.91 Å². The summed E-state index contributed by atoms with van der Waals surface area (Å²) in [6.45, 7) is 0. The molecule has 0 bridgehead atoms. The SMILES string of the molecule is CS(=O)(=O)c1cccc(-c2ccc(-n3ccc(C(N)=O)n3)c(-c3oc(C4CC4)nc3-c3ccc(OC(F)(F)F)cc3)c2)c1. The molecule has 6 rings (SSSR count). The van der Waals surface area contributed by atoms with Gasteiger partial charge in [-0.3, -0.25) is 4.79 Å². The number of amides is 1. The molecule has 1 aliphatic rings. The highest BCUT2D eigenvalue weighted by Crippen LogP contribution is 2.45. The maximum Gasteiger partial charge on any atom is 0.573 e. The van der Waals surface area contributed by atoms with Crippen LogP contribution >= 0.6 is 0 Å². The number of hydrogen-bond acceptors (Lipinski definition) is 7. The number of hydrogen-bond donors (Lipinski definition) is 1. The molecule has 0 unspecified atom stereocenters. The summed E-state index contributed by atoms with van der Waals surface area (Å²) in [7, 11) is -3.48. The van der Waals surface area contributed by atoms with Gasteiger partial charge in [0.15, 0.2) is 21.5 Å². The van der Waals surface area contributed by atoms with Gasteiger partial charge in [0.2, 0.25) is 0 Å². The minimum absolute atomic E-state index is 0.0348. The van der Waals surface area contributed by atoms with Crippen LogP contribution in [0.1, 0.15) is 35.1 Å². The number of nitrogens with zero attached hydrogens (tertiary/aromatic N) is 3. The lowest BCUT2D eigenvalue weighted by molar-refractivity contribution is -0.274. The van der Waals surface area contributed by atoms with Crippen LogP contribution in [0, 0.1) is 0 Å². The summed E-state index contributed by atoms with van der Waals surface area (Å²) in [4.78, 5) is 16.7. The Morgan fingerprint density at radius 3 is 2.33 bits per heavy atom. The summed E-state index contributed by atoms with van der Waals surface area (Å²) in [5, 5.41) is 4.29. The second-order valence-electron chi connectivity index (χ2n) is 10.1. The zero-order chi connectivity index (χ0) is 30.5. The third-order valence-corrected chi connectivity index (χ3v) is 7.97. The van der Waals surface area contributed by atoms with Gasteiger partial charge in [-0.25, -0.2) is 18.1 Å². The van der Waals surface area contributed by atoms with Gasteiger partial charge in [-0.2, -0.15) is 5.10 Å². The van der Waals surface area contributed by atoms with Crippen LogP contribution in [0.15, 0.2) is 88.3 Å². The molecular formula is C30H23F3N4O5S. The number of alkyl halides is 3. The van der Waals surface area contributed by atoms with Gasteiger partial charge in [-0.05, 0) is 78.6 Å². The average Bonchev–Trinajstić information content (AvgIpc) is 3.51. The molecule has 1 amide bonds. The summed E-state index contributed by atoms with van der Waals surface area (Å²) in [5.74, 6) is -0.197. The third kappa shape index (κ3) is 6.02. The van der Waals surface area contributed by atoms with Gasteiger partial charge in [-0.1, -0.05) is 18.2 Å². The van der Waals surface area contributed by atoms with E-state index in [1.54, 1.807) is 42.6 Å². The number of carbonyl (C=O) groups is 1. The summed E-state index contributed by atoms with van der Waals surface area (Å²) in [6, 6.07) is 18.5. The molecule has 0 radical (unpaired) electrons. The number of carbonyl (C=O) groups excluding carboxylic acids is 1. The fourth-order valence-corrected chi connectivity index (χ4v) is 5.29. The van der Waals surface area contributed by atoms with E-state index in [4.69, 9.17) is 15.1 Å². The number of oxazole rings is 1. The number of ether oxygens (including phenoxy) is 1. The Labute approximate surface area is 243 Å². The van der Waals surface area contributed by atoms with E-state index in [2.05, 4.69) is 9.84 Å². The van der Waals surface area contributed by atoms with Crippen molar-refractivity contribution in [1.82, 2.24) is 14.8 Å². The zero-order valence-electron chi connectivity index (χ0n) is 22.5.